The Kier molecular flexibility index (Phi) is 3.17. The van der Waals surface area contributed by atoms with Crippen molar-refractivity contribution in [1.82, 2.24) is 14.7 Å². The summed E-state index contributed by atoms with van der Waals surface area (Å²) in [5, 5.41) is 4.54. The van der Waals surface area contributed by atoms with Crippen LogP contribution in [-0.2, 0) is 13.5 Å². The Hall–Kier alpha value is -1.61. The summed E-state index contributed by atoms with van der Waals surface area (Å²) in [5.41, 5.74) is 7.93. The summed E-state index contributed by atoms with van der Waals surface area (Å²) in [6.07, 6.45) is 2.43. The molecule has 3 nitrogen and oxygen atoms in total. The van der Waals surface area contributed by atoms with Gasteiger partial charge in [-0.2, -0.15) is 5.10 Å². The molecule has 1 aromatic heterocycles. The number of benzene rings is 1. The smallest absolute Gasteiger partial charge is 0.0710 e. The molecule has 0 saturated heterocycles. The van der Waals surface area contributed by atoms with Gasteiger partial charge in [0.2, 0.25) is 0 Å². The zero-order valence-electron chi connectivity index (χ0n) is 13.1. The van der Waals surface area contributed by atoms with E-state index in [1.54, 1.807) is 0 Å². The Morgan fingerprint density at radius 1 is 1.25 bits per heavy atom. The van der Waals surface area contributed by atoms with Crippen LogP contribution < -0.4 is 0 Å². The maximum absolute atomic E-state index is 4.54. The summed E-state index contributed by atoms with van der Waals surface area (Å²) >= 11 is 0. The van der Waals surface area contributed by atoms with Crippen molar-refractivity contribution in [3.63, 3.8) is 0 Å². The third-order valence-corrected chi connectivity index (χ3v) is 4.61. The van der Waals surface area contributed by atoms with E-state index in [0.29, 0.717) is 6.04 Å². The van der Waals surface area contributed by atoms with Gasteiger partial charge >= 0.3 is 0 Å². The van der Waals surface area contributed by atoms with Crippen LogP contribution in [0.25, 0.3) is 11.3 Å². The third kappa shape index (κ3) is 1.97. The van der Waals surface area contributed by atoms with Gasteiger partial charge in [0.25, 0.3) is 0 Å². The zero-order chi connectivity index (χ0) is 14.4. The Labute approximate surface area is 121 Å². The zero-order valence-corrected chi connectivity index (χ0v) is 13.1. The van der Waals surface area contributed by atoms with Gasteiger partial charge in [-0.1, -0.05) is 12.1 Å². The molecule has 0 radical (unpaired) electrons. The van der Waals surface area contributed by atoms with Gasteiger partial charge in [-0.25, -0.2) is 0 Å². The largest absolute Gasteiger partial charge is 0.302 e. The van der Waals surface area contributed by atoms with E-state index in [1.165, 1.54) is 40.8 Å². The second kappa shape index (κ2) is 4.74. The molecule has 20 heavy (non-hydrogen) atoms. The monoisotopic (exact) mass is 269 g/mol. The molecule has 2 aromatic rings. The van der Waals surface area contributed by atoms with Gasteiger partial charge in [0.15, 0.2) is 0 Å². The first-order valence-electron chi connectivity index (χ1n) is 7.29. The van der Waals surface area contributed by atoms with Gasteiger partial charge in [0, 0.05) is 18.7 Å². The van der Waals surface area contributed by atoms with Gasteiger partial charge < -0.3 is 4.90 Å². The van der Waals surface area contributed by atoms with E-state index in [0.717, 1.165) is 5.69 Å². The lowest BCUT2D eigenvalue weighted by atomic mass is 10.00. The van der Waals surface area contributed by atoms with Gasteiger partial charge in [-0.15, -0.1) is 0 Å². The molecule has 0 bridgehead atoms. The molecule has 106 valence electrons. The predicted molar refractivity (Wildman–Crippen MR) is 82.9 cm³/mol. The minimum absolute atomic E-state index is 0.555. The second-order valence-electron chi connectivity index (χ2n) is 6.11. The Morgan fingerprint density at radius 3 is 2.60 bits per heavy atom. The first-order chi connectivity index (χ1) is 9.49. The minimum atomic E-state index is 0.555. The van der Waals surface area contributed by atoms with Crippen molar-refractivity contribution in [2.45, 2.75) is 32.7 Å². The topological polar surface area (TPSA) is 21.1 Å². The maximum atomic E-state index is 4.54. The molecule has 1 heterocycles. The number of fused-ring (bicyclic) bond motifs is 1. The number of rotatable bonds is 2. The first kappa shape index (κ1) is 13.4. The maximum Gasteiger partial charge on any atom is 0.0710 e. The Morgan fingerprint density at radius 2 is 2.00 bits per heavy atom. The van der Waals surface area contributed by atoms with Crippen LogP contribution in [0.4, 0.5) is 0 Å². The lowest BCUT2D eigenvalue weighted by Crippen LogP contribution is -2.17. The van der Waals surface area contributed by atoms with Crippen molar-refractivity contribution < 1.29 is 0 Å². The van der Waals surface area contributed by atoms with Crippen LogP contribution >= 0.6 is 0 Å². The highest BCUT2D eigenvalue weighted by molar-refractivity contribution is 5.66. The van der Waals surface area contributed by atoms with Gasteiger partial charge in [-0.3, -0.25) is 4.68 Å². The second-order valence-corrected chi connectivity index (χ2v) is 6.11. The molecule has 0 aliphatic heterocycles. The van der Waals surface area contributed by atoms with E-state index in [2.05, 4.69) is 56.1 Å². The van der Waals surface area contributed by atoms with Crippen LogP contribution in [0.3, 0.4) is 0 Å². The standard InChI is InChI=1S/C17H23N3/c1-11-12(2)18-20(5)17(11)14-7-6-13-8-9-16(19(3)4)15(13)10-14/h6-7,10,16H,8-9H2,1-5H3. The fourth-order valence-corrected chi connectivity index (χ4v) is 3.43. The van der Waals surface area contributed by atoms with Gasteiger partial charge in [0.05, 0.1) is 11.4 Å². The van der Waals surface area contributed by atoms with Crippen LogP contribution in [0.2, 0.25) is 0 Å². The number of aromatic nitrogens is 2. The highest BCUT2D eigenvalue weighted by atomic mass is 15.3. The van der Waals surface area contributed by atoms with Crippen LogP contribution in [0, 0.1) is 13.8 Å². The van der Waals surface area contributed by atoms with E-state index in [9.17, 15) is 0 Å². The lowest BCUT2D eigenvalue weighted by molar-refractivity contribution is 0.299. The van der Waals surface area contributed by atoms with Crippen LogP contribution in [0.5, 0.6) is 0 Å². The van der Waals surface area contributed by atoms with E-state index in [1.807, 2.05) is 11.7 Å². The van der Waals surface area contributed by atoms with Gasteiger partial charge in [-0.05, 0) is 63.5 Å². The third-order valence-electron chi connectivity index (χ3n) is 4.61. The van der Waals surface area contributed by atoms with E-state index >= 15 is 0 Å². The highest BCUT2D eigenvalue weighted by Crippen LogP contribution is 2.37. The summed E-state index contributed by atoms with van der Waals surface area (Å²) in [6.45, 7) is 4.24. The molecule has 0 fully saturated rings. The predicted octanol–water partition coefficient (Wildman–Crippen LogP) is 3.25. The van der Waals surface area contributed by atoms with Crippen LogP contribution in [-0.4, -0.2) is 28.8 Å². The molecule has 1 aliphatic rings. The van der Waals surface area contributed by atoms with Crippen molar-refractivity contribution in [2.24, 2.45) is 7.05 Å². The molecule has 1 aromatic carbocycles. The molecule has 1 unspecified atom stereocenters. The molecule has 0 N–H and O–H groups in total. The highest BCUT2D eigenvalue weighted by Gasteiger charge is 2.25. The normalized spacial score (nSPS) is 17.8. The number of nitrogens with zero attached hydrogens (tertiary/aromatic N) is 3. The molecule has 0 saturated carbocycles. The fourth-order valence-electron chi connectivity index (χ4n) is 3.43. The average Bonchev–Trinajstić information content (AvgIpc) is 2.91. The quantitative estimate of drug-likeness (QED) is 0.834. The Bertz CT molecular complexity index is 652. The Balaban J connectivity index is 2.11. The molecule has 0 amide bonds. The van der Waals surface area contributed by atoms with Crippen LogP contribution in [0.15, 0.2) is 18.2 Å². The molecular weight excluding hydrogens is 246 g/mol. The number of hydrogen-bond donors (Lipinski definition) is 0. The average molecular weight is 269 g/mol. The van der Waals surface area contributed by atoms with Crippen molar-refractivity contribution in [2.75, 3.05) is 14.1 Å². The molecular formula is C17H23N3. The molecule has 3 rings (SSSR count). The minimum Gasteiger partial charge on any atom is -0.302 e. The summed E-state index contributed by atoms with van der Waals surface area (Å²) in [6, 6.07) is 7.48. The van der Waals surface area contributed by atoms with E-state index in [4.69, 9.17) is 0 Å². The van der Waals surface area contributed by atoms with Crippen molar-refractivity contribution >= 4 is 0 Å². The van der Waals surface area contributed by atoms with E-state index < -0.39 is 0 Å². The summed E-state index contributed by atoms with van der Waals surface area (Å²) in [5.74, 6) is 0. The summed E-state index contributed by atoms with van der Waals surface area (Å²) < 4.78 is 2.01. The van der Waals surface area contributed by atoms with Crippen molar-refractivity contribution in [3.05, 3.63) is 40.6 Å². The van der Waals surface area contributed by atoms with Crippen LogP contribution in [0.1, 0.15) is 34.8 Å². The summed E-state index contributed by atoms with van der Waals surface area (Å²) in [4.78, 5) is 2.33. The number of hydrogen-bond acceptors (Lipinski definition) is 2. The summed E-state index contributed by atoms with van der Waals surface area (Å²) in [7, 11) is 6.38. The van der Waals surface area contributed by atoms with Crippen molar-refractivity contribution in [1.29, 1.82) is 0 Å². The first-order valence-corrected chi connectivity index (χ1v) is 7.29. The lowest BCUT2D eigenvalue weighted by Gasteiger charge is -2.20. The number of aryl methyl sites for hydroxylation is 3. The SMILES string of the molecule is Cc1nn(C)c(-c2ccc3c(c2)C(N(C)C)CC3)c1C. The van der Waals surface area contributed by atoms with E-state index in [-0.39, 0.29) is 0 Å². The molecule has 1 aliphatic carbocycles. The molecule has 3 heteroatoms. The molecule has 1 atom stereocenters. The fraction of sp³-hybridized carbons (Fsp3) is 0.471. The van der Waals surface area contributed by atoms with Gasteiger partial charge in [0.1, 0.15) is 0 Å². The van der Waals surface area contributed by atoms with Crippen molar-refractivity contribution in [3.8, 4) is 11.3 Å². The molecule has 0 spiro atoms.